The Balaban J connectivity index is 1.64. The van der Waals surface area contributed by atoms with Gasteiger partial charge < -0.3 is 14.1 Å². The molecule has 29 heavy (non-hydrogen) atoms. The Morgan fingerprint density at radius 1 is 1.24 bits per heavy atom. The number of nitrogens with zero attached hydrogens (tertiary/aromatic N) is 1. The highest BCUT2D eigenvalue weighted by molar-refractivity contribution is 7.89. The molecule has 1 aromatic carbocycles. The summed E-state index contributed by atoms with van der Waals surface area (Å²) in [6.07, 6.45) is 2.89. The van der Waals surface area contributed by atoms with Crippen molar-refractivity contribution in [2.24, 2.45) is 5.92 Å². The van der Waals surface area contributed by atoms with Crippen LogP contribution in [-0.4, -0.2) is 44.9 Å². The van der Waals surface area contributed by atoms with Crippen molar-refractivity contribution in [3.8, 4) is 0 Å². The minimum Gasteiger partial charge on any atom is -0.468 e. The van der Waals surface area contributed by atoms with Gasteiger partial charge in [-0.15, -0.1) is 0 Å². The molecule has 1 amide bonds. The minimum atomic E-state index is -3.73. The van der Waals surface area contributed by atoms with Gasteiger partial charge in [-0.25, -0.2) is 13.1 Å². The van der Waals surface area contributed by atoms with Crippen LogP contribution in [0.25, 0.3) is 0 Å². The van der Waals surface area contributed by atoms with E-state index in [9.17, 15) is 18.0 Å². The Labute approximate surface area is 169 Å². The lowest BCUT2D eigenvalue weighted by Gasteiger charge is -2.31. The average Bonchev–Trinajstić information content (AvgIpc) is 3.26. The largest absolute Gasteiger partial charge is 0.468 e. The second-order valence-corrected chi connectivity index (χ2v) is 8.54. The van der Waals surface area contributed by atoms with Gasteiger partial charge in [-0.3, -0.25) is 9.59 Å². The normalized spacial score (nSPS) is 17.1. The molecule has 0 radical (unpaired) electrons. The minimum absolute atomic E-state index is 0.0407. The molecule has 0 unspecified atom stereocenters. The molecule has 8 nitrogen and oxygen atoms in total. The van der Waals surface area contributed by atoms with Gasteiger partial charge >= 0.3 is 5.97 Å². The summed E-state index contributed by atoms with van der Waals surface area (Å²) in [6.45, 7) is 2.97. The fourth-order valence-corrected chi connectivity index (χ4v) is 4.23. The van der Waals surface area contributed by atoms with Crippen LogP contribution in [0.3, 0.4) is 0 Å². The fraction of sp³-hybridized carbons (Fsp3) is 0.400. The predicted molar refractivity (Wildman–Crippen MR) is 104 cm³/mol. The first-order valence-corrected chi connectivity index (χ1v) is 11.0. The van der Waals surface area contributed by atoms with Gasteiger partial charge in [0, 0.05) is 18.7 Å². The standard InChI is InChI=1S/C20H24N2O6S/c1-2-27-20(24)16-5-3-11-22(14-16)19(23)15-7-9-18(10-8-15)29(25,26)21-13-17-6-4-12-28-17/h4,6-10,12,16,21H,2-3,5,11,13-14H2,1H3/t16-/m1/s1. The van der Waals surface area contributed by atoms with Crippen molar-refractivity contribution in [3.63, 3.8) is 0 Å². The third-order valence-electron chi connectivity index (χ3n) is 4.76. The SMILES string of the molecule is CCOC(=O)[C@@H]1CCCN(C(=O)c2ccc(S(=O)(=O)NCc3ccco3)cc2)C1. The van der Waals surface area contributed by atoms with Gasteiger partial charge in [0.05, 0.1) is 30.2 Å². The Hall–Kier alpha value is -2.65. The van der Waals surface area contributed by atoms with Crippen LogP contribution in [0.5, 0.6) is 0 Å². The molecule has 0 aliphatic carbocycles. The van der Waals surface area contributed by atoms with E-state index in [0.29, 0.717) is 37.4 Å². The van der Waals surface area contributed by atoms with Gasteiger partial charge in [0.15, 0.2) is 0 Å². The summed E-state index contributed by atoms with van der Waals surface area (Å²) in [5.41, 5.74) is 0.375. The van der Waals surface area contributed by atoms with Gasteiger partial charge in [-0.05, 0) is 56.2 Å². The number of carbonyl (C=O) groups excluding carboxylic acids is 2. The van der Waals surface area contributed by atoms with E-state index in [1.807, 2.05) is 0 Å². The number of carbonyl (C=O) groups is 2. The van der Waals surface area contributed by atoms with Crippen molar-refractivity contribution in [3.05, 3.63) is 54.0 Å². The third kappa shape index (κ3) is 5.24. The van der Waals surface area contributed by atoms with Gasteiger partial charge in [0.2, 0.25) is 10.0 Å². The molecule has 3 rings (SSSR count). The number of nitrogens with one attached hydrogen (secondary N) is 1. The maximum absolute atomic E-state index is 12.8. The Bertz CT molecular complexity index is 938. The van der Waals surface area contributed by atoms with E-state index >= 15 is 0 Å². The summed E-state index contributed by atoms with van der Waals surface area (Å²) < 4.78 is 37.4. The lowest BCUT2D eigenvalue weighted by atomic mass is 9.97. The van der Waals surface area contributed by atoms with Crippen LogP contribution in [0.4, 0.5) is 0 Å². The number of hydrogen-bond donors (Lipinski definition) is 1. The molecule has 2 heterocycles. The van der Waals surface area contributed by atoms with Crippen LogP contribution >= 0.6 is 0 Å². The number of sulfonamides is 1. The van der Waals surface area contributed by atoms with E-state index in [-0.39, 0.29) is 29.2 Å². The zero-order valence-corrected chi connectivity index (χ0v) is 17.0. The number of amides is 1. The van der Waals surface area contributed by atoms with Crippen molar-refractivity contribution in [1.29, 1.82) is 0 Å². The molecule has 1 atom stereocenters. The van der Waals surface area contributed by atoms with Crippen molar-refractivity contribution >= 4 is 21.9 Å². The Kier molecular flexibility index (Phi) is 6.71. The summed E-state index contributed by atoms with van der Waals surface area (Å²) in [5, 5.41) is 0. The van der Waals surface area contributed by atoms with Gasteiger partial charge in [-0.1, -0.05) is 0 Å². The number of rotatable bonds is 7. The van der Waals surface area contributed by atoms with Crippen molar-refractivity contribution in [1.82, 2.24) is 9.62 Å². The van der Waals surface area contributed by atoms with E-state index in [0.717, 1.165) is 6.42 Å². The molecule has 1 fully saturated rings. The predicted octanol–water partition coefficient (Wildman–Crippen LogP) is 2.17. The van der Waals surface area contributed by atoms with Crippen LogP contribution in [0.1, 0.15) is 35.9 Å². The summed E-state index contributed by atoms with van der Waals surface area (Å²) in [6, 6.07) is 9.11. The number of piperidine rings is 1. The topological polar surface area (TPSA) is 106 Å². The molecule has 2 aromatic rings. The molecule has 1 aromatic heterocycles. The zero-order valence-electron chi connectivity index (χ0n) is 16.2. The molecule has 1 aliphatic rings. The Morgan fingerprint density at radius 2 is 2.00 bits per heavy atom. The zero-order chi connectivity index (χ0) is 20.9. The van der Waals surface area contributed by atoms with Crippen LogP contribution < -0.4 is 4.72 Å². The average molecular weight is 420 g/mol. The summed E-state index contributed by atoms with van der Waals surface area (Å²) >= 11 is 0. The summed E-state index contributed by atoms with van der Waals surface area (Å²) in [4.78, 5) is 26.4. The summed E-state index contributed by atoms with van der Waals surface area (Å²) in [5.74, 6) is -0.333. The monoisotopic (exact) mass is 420 g/mol. The van der Waals surface area contributed by atoms with E-state index in [1.54, 1.807) is 24.0 Å². The second-order valence-electron chi connectivity index (χ2n) is 6.77. The Morgan fingerprint density at radius 3 is 2.66 bits per heavy atom. The quantitative estimate of drug-likeness (QED) is 0.688. The van der Waals surface area contributed by atoms with E-state index in [1.165, 1.54) is 30.5 Å². The highest BCUT2D eigenvalue weighted by atomic mass is 32.2. The molecular weight excluding hydrogens is 396 g/mol. The lowest BCUT2D eigenvalue weighted by molar-refractivity contribution is -0.149. The van der Waals surface area contributed by atoms with Crippen molar-refractivity contribution in [2.45, 2.75) is 31.2 Å². The van der Waals surface area contributed by atoms with Crippen LogP contribution in [0.2, 0.25) is 0 Å². The van der Waals surface area contributed by atoms with Crippen LogP contribution in [0.15, 0.2) is 52.0 Å². The van der Waals surface area contributed by atoms with E-state index in [4.69, 9.17) is 9.15 Å². The first-order valence-electron chi connectivity index (χ1n) is 9.48. The van der Waals surface area contributed by atoms with Crippen LogP contribution in [-0.2, 0) is 26.1 Å². The fourth-order valence-electron chi connectivity index (χ4n) is 3.24. The summed E-state index contributed by atoms with van der Waals surface area (Å²) in [7, 11) is -3.73. The van der Waals surface area contributed by atoms with Gasteiger partial charge in [0.1, 0.15) is 5.76 Å². The van der Waals surface area contributed by atoms with Crippen molar-refractivity contribution in [2.75, 3.05) is 19.7 Å². The number of esters is 1. The van der Waals surface area contributed by atoms with Gasteiger partial charge in [0.25, 0.3) is 5.91 Å². The maximum atomic E-state index is 12.8. The number of benzene rings is 1. The van der Waals surface area contributed by atoms with Crippen molar-refractivity contribution < 1.29 is 27.2 Å². The first-order chi connectivity index (χ1) is 13.9. The molecule has 1 saturated heterocycles. The van der Waals surface area contributed by atoms with E-state index < -0.39 is 10.0 Å². The first kappa shape index (κ1) is 21.1. The molecular formula is C20H24N2O6S. The van der Waals surface area contributed by atoms with Crippen LogP contribution in [0, 0.1) is 5.92 Å². The molecule has 156 valence electrons. The molecule has 9 heteroatoms. The smallest absolute Gasteiger partial charge is 0.310 e. The molecule has 0 spiro atoms. The van der Waals surface area contributed by atoms with Gasteiger partial charge in [-0.2, -0.15) is 0 Å². The molecule has 0 saturated carbocycles. The number of ether oxygens (including phenoxy) is 1. The second kappa shape index (κ2) is 9.23. The molecule has 1 aliphatic heterocycles. The number of hydrogen-bond acceptors (Lipinski definition) is 6. The highest BCUT2D eigenvalue weighted by Crippen LogP contribution is 2.21. The number of likely N-dealkylation sites (tertiary alicyclic amines) is 1. The molecule has 1 N–H and O–H groups in total. The number of furan rings is 1. The maximum Gasteiger partial charge on any atom is 0.310 e. The lowest BCUT2D eigenvalue weighted by Crippen LogP contribution is -2.42. The third-order valence-corrected chi connectivity index (χ3v) is 6.17. The molecule has 0 bridgehead atoms. The van der Waals surface area contributed by atoms with E-state index in [2.05, 4.69) is 4.72 Å². The highest BCUT2D eigenvalue weighted by Gasteiger charge is 2.30.